The van der Waals surface area contributed by atoms with Crippen LogP contribution in [0.3, 0.4) is 0 Å². The van der Waals surface area contributed by atoms with Crippen LogP contribution in [0.1, 0.15) is 31.9 Å². The molecule has 1 amide bonds. The van der Waals surface area contributed by atoms with Crippen molar-refractivity contribution < 1.29 is 4.79 Å². The lowest BCUT2D eigenvalue weighted by atomic mass is 10.1. The maximum absolute atomic E-state index is 11.2. The normalized spacial score (nSPS) is 10.7. The highest BCUT2D eigenvalue weighted by atomic mass is 32.1. The third-order valence-corrected chi connectivity index (χ3v) is 5.32. The second-order valence-corrected chi connectivity index (χ2v) is 7.29. The number of nitrogens with zero attached hydrogens (tertiary/aromatic N) is 1. The molecule has 5 heteroatoms. The molecule has 0 spiro atoms. The zero-order valence-corrected chi connectivity index (χ0v) is 15.4. The van der Waals surface area contributed by atoms with Crippen LogP contribution in [0, 0.1) is 20.8 Å². The highest BCUT2D eigenvalue weighted by Gasteiger charge is 2.08. The number of anilines is 1. The quantitative estimate of drug-likeness (QED) is 0.714. The molecule has 1 aromatic heterocycles. The van der Waals surface area contributed by atoms with E-state index in [2.05, 4.69) is 42.3 Å². The zero-order chi connectivity index (χ0) is 18.0. The molecule has 128 valence electrons. The van der Waals surface area contributed by atoms with Crippen molar-refractivity contribution >= 4 is 22.9 Å². The molecule has 0 unspecified atom stereocenters. The number of hydrogen-bond donors (Lipinski definition) is 2. The Morgan fingerprint density at radius 2 is 1.88 bits per heavy atom. The molecule has 0 bridgehead atoms. The van der Waals surface area contributed by atoms with E-state index >= 15 is 0 Å². The van der Waals surface area contributed by atoms with Crippen LogP contribution >= 0.6 is 11.3 Å². The summed E-state index contributed by atoms with van der Waals surface area (Å²) in [6, 6.07) is 11.9. The molecule has 0 atom stereocenters. The van der Waals surface area contributed by atoms with Gasteiger partial charge in [0.2, 0.25) is 5.91 Å². The van der Waals surface area contributed by atoms with E-state index in [1.807, 2.05) is 19.2 Å². The van der Waals surface area contributed by atoms with Crippen molar-refractivity contribution in [2.45, 2.75) is 27.3 Å². The number of aryl methyl sites for hydroxylation is 3. The standard InChI is InChI=1S/C20H21N3OS/c1-12-4-5-16(8-13(12)2)20-23-11-17(25-20)10-22-18-7-6-15(19(21)24)9-14(18)3/h4-9,11,22H,10H2,1-3H3,(H2,21,24). The van der Waals surface area contributed by atoms with Gasteiger partial charge in [-0.1, -0.05) is 12.1 Å². The number of rotatable bonds is 5. The summed E-state index contributed by atoms with van der Waals surface area (Å²) >= 11 is 1.69. The average Bonchev–Trinajstić information content (AvgIpc) is 3.05. The molecule has 0 saturated carbocycles. The van der Waals surface area contributed by atoms with Gasteiger partial charge >= 0.3 is 0 Å². The number of nitrogens with two attached hydrogens (primary N) is 1. The molecular formula is C20H21N3OS. The van der Waals surface area contributed by atoms with Gasteiger partial charge in [-0.2, -0.15) is 0 Å². The van der Waals surface area contributed by atoms with E-state index in [0.717, 1.165) is 26.7 Å². The Morgan fingerprint density at radius 1 is 1.08 bits per heavy atom. The number of aromatic nitrogens is 1. The molecule has 0 aliphatic rings. The topological polar surface area (TPSA) is 68.0 Å². The summed E-state index contributed by atoms with van der Waals surface area (Å²) in [7, 11) is 0. The van der Waals surface area contributed by atoms with Crippen LogP contribution in [0.4, 0.5) is 5.69 Å². The minimum atomic E-state index is -0.407. The molecule has 3 aromatic rings. The summed E-state index contributed by atoms with van der Waals surface area (Å²) in [6.07, 6.45) is 1.91. The Bertz CT molecular complexity index is 930. The Balaban J connectivity index is 1.71. The molecular weight excluding hydrogens is 330 g/mol. The zero-order valence-electron chi connectivity index (χ0n) is 14.6. The lowest BCUT2D eigenvalue weighted by Crippen LogP contribution is -2.11. The fourth-order valence-corrected chi connectivity index (χ4v) is 3.44. The number of thiazole rings is 1. The largest absolute Gasteiger partial charge is 0.380 e. The first-order valence-corrected chi connectivity index (χ1v) is 8.92. The Morgan fingerprint density at radius 3 is 2.56 bits per heavy atom. The van der Waals surface area contributed by atoms with E-state index < -0.39 is 5.91 Å². The minimum absolute atomic E-state index is 0.407. The van der Waals surface area contributed by atoms with E-state index in [1.54, 1.807) is 23.5 Å². The Labute approximate surface area is 151 Å². The molecule has 0 aliphatic carbocycles. The van der Waals surface area contributed by atoms with Crippen LogP contribution in [-0.4, -0.2) is 10.9 Å². The van der Waals surface area contributed by atoms with Crippen molar-refractivity contribution in [1.29, 1.82) is 0 Å². The molecule has 0 fully saturated rings. The van der Waals surface area contributed by atoms with Gasteiger partial charge in [0.1, 0.15) is 5.01 Å². The van der Waals surface area contributed by atoms with Crippen molar-refractivity contribution in [1.82, 2.24) is 4.98 Å². The number of amides is 1. The van der Waals surface area contributed by atoms with Crippen molar-refractivity contribution in [2.24, 2.45) is 5.73 Å². The first-order valence-electron chi connectivity index (χ1n) is 8.10. The number of primary amides is 1. The lowest BCUT2D eigenvalue weighted by Gasteiger charge is -2.09. The summed E-state index contributed by atoms with van der Waals surface area (Å²) in [5, 5.41) is 4.43. The summed E-state index contributed by atoms with van der Waals surface area (Å²) in [5.41, 5.74) is 11.5. The van der Waals surface area contributed by atoms with Gasteiger partial charge in [-0.05, 0) is 61.7 Å². The minimum Gasteiger partial charge on any atom is -0.380 e. The van der Waals surface area contributed by atoms with Crippen LogP contribution in [0.25, 0.3) is 10.6 Å². The number of carbonyl (C=O) groups excluding carboxylic acids is 1. The third kappa shape index (κ3) is 3.88. The molecule has 3 rings (SSSR count). The highest BCUT2D eigenvalue weighted by Crippen LogP contribution is 2.27. The van der Waals surface area contributed by atoms with Crippen LogP contribution in [0.15, 0.2) is 42.6 Å². The van der Waals surface area contributed by atoms with Gasteiger partial charge in [-0.3, -0.25) is 4.79 Å². The fraction of sp³-hybridized carbons (Fsp3) is 0.200. The maximum Gasteiger partial charge on any atom is 0.248 e. The molecule has 4 nitrogen and oxygen atoms in total. The molecule has 3 N–H and O–H groups in total. The van der Waals surface area contributed by atoms with E-state index in [9.17, 15) is 4.79 Å². The number of carbonyl (C=O) groups is 1. The van der Waals surface area contributed by atoms with Crippen LogP contribution in [-0.2, 0) is 6.54 Å². The van der Waals surface area contributed by atoms with Gasteiger partial charge < -0.3 is 11.1 Å². The van der Waals surface area contributed by atoms with Crippen molar-refractivity contribution in [3.05, 3.63) is 69.7 Å². The molecule has 25 heavy (non-hydrogen) atoms. The third-order valence-electron chi connectivity index (χ3n) is 4.27. The molecule has 1 heterocycles. The SMILES string of the molecule is Cc1ccc(-c2ncc(CNc3ccc(C(N)=O)cc3C)s2)cc1C. The lowest BCUT2D eigenvalue weighted by molar-refractivity contribution is 0.1000. The van der Waals surface area contributed by atoms with Gasteiger partial charge in [0.05, 0.1) is 6.54 Å². The maximum atomic E-state index is 11.2. The predicted octanol–water partition coefficient (Wildman–Crippen LogP) is 4.45. The summed E-state index contributed by atoms with van der Waals surface area (Å²) in [6.45, 7) is 6.89. The van der Waals surface area contributed by atoms with Crippen molar-refractivity contribution in [3.8, 4) is 10.6 Å². The Kier molecular flexibility index (Phi) is 4.86. The second-order valence-electron chi connectivity index (χ2n) is 6.18. The van der Waals surface area contributed by atoms with Crippen molar-refractivity contribution in [3.63, 3.8) is 0 Å². The summed E-state index contributed by atoms with van der Waals surface area (Å²) in [4.78, 5) is 16.9. The van der Waals surface area contributed by atoms with Crippen LogP contribution < -0.4 is 11.1 Å². The van der Waals surface area contributed by atoms with Gasteiger partial charge in [0, 0.05) is 27.9 Å². The smallest absolute Gasteiger partial charge is 0.248 e. The number of nitrogens with one attached hydrogen (secondary N) is 1. The highest BCUT2D eigenvalue weighted by molar-refractivity contribution is 7.15. The van der Waals surface area contributed by atoms with E-state index in [-0.39, 0.29) is 0 Å². The molecule has 0 aliphatic heterocycles. The number of hydrogen-bond acceptors (Lipinski definition) is 4. The predicted molar refractivity (Wildman–Crippen MR) is 104 cm³/mol. The molecule has 0 radical (unpaired) electrons. The fourth-order valence-electron chi connectivity index (χ4n) is 2.59. The van der Waals surface area contributed by atoms with Crippen LogP contribution in [0.5, 0.6) is 0 Å². The molecule has 0 saturated heterocycles. The van der Waals surface area contributed by atoms with E-state index in [4.69, 9.17) is 5.73 Å². The van der Waals surface area contributed by atoms with Gasteiger partial charge in [-0.25, -0.2) is 4.98 Å². The van der Waals surface area contributed by atoms with Gasteiger partial charge in [0.25, 0.3) is 0 Å². The number of benzene rings is 2. The van der Waals surface area contributed by atoms with E-state index in [0.29, 0.717) is 12.1 Å². The average molecular weight is 351 g/mol. The Hall–Kier alpha value is -2.66. The monoisotopic (exact) mass is 351 g/mol. The van der Waals surface area contributed by atoms with Crippen molar-refractivity contribution in [2.75, 3.05) is 5.32 Å². The summed E-state index contributed by atoms with van der Waals surface area (Å²) in [5.74, 6) is -0.407. The molecule has 2 aromatic carbocycles. The summed E-state index contributed by atoms with van der Waals surface area (Å²) < 4.78 is 0. The second kappa shape index (κ2) is 7.07. The van der Waals surface area contributed by atoms with Gasteiger partial charge in [0.15, 0.2) is 0 Å². The first-order chi connectivity index (χ1) is 11.9. The van der Waals surface area contributed by atoms with E-state index in [1.165, 1.54) is 11.1 Å². The van der Waals surface area contributed by atoms with Gasteiger partial charge in [-0.15, -0.1) is 11.3 Å². The first kappa shape index (κ1) is 17.2. The van der Waals surface area contributed by atoms with Crippen LogP contribution in [0.2, 0.25) is 0 Å².